The van der Waals surface area contributed by atoms with Gasteiger partial charge in [0, 0.05) is 29.0 Å². The Bertz CT molecular complexity index is 649. The van der Waals surface area contributed by atoms with E-state index in [9.17, 15) is 0 Å². The third-order valence-corrected chi connectivity index (χ3v) is 4.29. The van der Waals surface area contributed by atoms with Crippen LogP contribution >= 0.6 is 11.6 Å². The first kappa shape index (κ1) is 12.6. The highest BCUT2D eigenvalue weighted by molar-refractivity contribution is 6.17. The molecule has 0 aliphatic heterocycles. The third kappa shape index (κ3) is 2.13. The standard InChI is InChI=1S/C16H17ClN2/c17-8-3-9-19-15-5-2-1-4-13(15)14-10-12(11-18)6-7-16(14)19/h6-7,10H,1-5,8-9H2. The molecule has 19 heavy (non-hydrogen) atoms. The molecule has 0 fully saturated rings. The van der Waals surface area contributed by atoms with E-state index in [-0.39, 0.29) is 0 Å². The van der Waals surface area contributed by atoms with E-state index in [2.05, 4.69) is 22.8 Å². The Balaban J connectivity index is 2.20. The summed E-state index contributed by atoms with van der Waals surface area (Å²) in [7, 11) is 0. The number of halogens is 1. The molecule has 0 saturated carbocycles. The summed E-state index contributed by atoms with van der Waals surface area (Å²) in [5.74, 6) is 0.699. The molecular weight excluding hydrogens is 256 g/mol. The summed E-state index contributed by atoms with van der Waals surface area (Å²) in [5, 5.41) is 10.4. The Morgan fingerprint density at radius 1 is 1.26 bits per heavy atom. The number of benzene rings is 1. The lowest BCUT2D eigenvalue weighted by molar-refractivity contribution is 0.608. The molecule has 1 aliphatic carbocycles. The number of hydrogen-bond acceptors (Lipinski definition) is 1. The minimum absolute atomic E-state index is 0.699. The normalized spacial score (nSPS) is 14.3. The van der Waals surface area contributed by atoms with Gasteiger partial charge in [-0.05, 0) is 55.9 Å². The maximum absolute atomic E-state index is 9.08. The lowest BCUT2D eigenvalue weighted by Crippen LogP contribution is -2.08. The maximum atomic E-state index is 9.08. The molecule has 3 heteroatoms. The second kappa shape index (κ2) is 5.27. The van der Waals surface area contributed by atoms with Gasteiger partial charge in [0.15, 0.2) is 0 Å². The fourth-order valence-corrected chi connectivity index (χ4v) is 3.30. The van der Waals surface area contributed by atoms with Crippen molar-refractivity contribution in [3.63, 3.8) is 0 Å². The van der Waals surface area contributed by atoms with Crippen LogP contribution in [0, 0.1) is 11.3 Å². The van der Waals surface area contributed by atoms with Crippen LogP contribution in [0.5, 0.6) is 0 Å². The van der Waals surface area contributed by atoms with Crippen LogP contribution in [0.15, 0.2) is 18.2 Å². The van der Waals surface area contributed by atoms with Crippen molar-refractivity contribution in [1.29, 1.82) is 5.26 Å². The molecule has 98 valence electrons. The maximum Gasteiger partial charge on any atom is 0.0991 e. The first-order chi connectivity index (χ1) is 9.35. The minimum atomic E-state index is 0.699. The smallest absolute Gasteiger partial charge is 0.0991 e. The van der Waals surface area contributed by atoms with Gasteiger partial charge in [-0.25, -0.2) is 0 Å². The van der Waals surface area contributed by atoms with Crippen LogP contribution in [0.3, 0.4) is 0 Å². The second-order valence-corrected chi connectivity index (χ2v) is 5.55. The van der Waals surface area contributed by atoms with E-state index in [1.54, 1.807) is 0 Å². The van der Waals surface area contributed by atoms with Crippen LogP contribution in [-0.2, 0) is 19.4 Å². The average molecular weight is 273 g/mol. The molecule has 1 aromatic heterocycles. The molecule has 1 heterocycles. The Labute approximate surface area is 118 Å². The van der Waals surface area contributed by atoms with E-state index in [1.807, 2.05) is 6.07 Å². The quantitative estimate of drug-likeness (QED) is 0.776. The first-order valence-corrected chi connectivity index (χ1v) is 7.48. The number of nitriles is 1. The summed E-state index contributed by atoms with van der Waals surface area (Å²) in [5.41, 5.74) is 4.97. The zero-order valence-electron chi connectivity index (χ0n) is 11.0. The molecular formula is C16H17ClN2. The van der Waals surface area contributed by atoms with Gasteiger partial charge in [-0.2, -0.15) is 5.26 Å². The molecule has 0 atom stereocenters. The number of nitrogens with zero attached hydrogens (tertiary/aromatic N) is 2. The molecule has 0 radical (unpaired) electrons. The molecule has 0 bridgehead atoms. The van der Waals surface area contributed by atoms with Gasteiger partial charge in [0.05, 0.1) is 11.6 Å². The number of aryl methyl sites for hydroxylation is 2. The van der Waals surface area contributed by atoms with Crippen LogP contribution < -0.4 is 0 Å². The van der Waals surface area contributed by atoms with E-state index in [0.29, 0.717) is 5.88 Å². The van der Waals surface area contributed by atoms with Gasteiger partial charge in [-0.1, -0.05) is 0 Å². The summed E-state index contributed by atoms with van der Waals surface area (Å²) in [6.45, 7) is 0.987. The fourth-order valence-electron chi connectivity index (χ4n) is 3.18. The molecule has 1 aromatic carbocycles. The van der Waals surface area contributed by atoms with E-state index >= 15 is 0 Å². The predicted molar refractivity (Wildman–Crippen MR) is 78.6 cm³/mol. The van der Waals surface area contributed by atoms with Crippen molar-refractivity contribution in [3.8, 4) is 6.07 Å². The molecule has 3 rings (SSSR count). The molecule has 0 N–H and O–H groups in total. The molecule has 1 aliphatic rings. The second-order valence-electron chi connectivity index (χ2n) is 5.17. The molecule has 2 nitrogen and oxygen atoms in total. The van der Waals surface area contributed by atoms with E-state index in [0.717, 1.165) is 31.4 Å². The van der Waals surface area contributed by atoms with Crippen molar-refractivity contribution in [3.05, 3.63) is 35.0 Å². The number of fused-ring (bicyclic) bond motifs is 3. The van der Waals surface area contributed by atoms with Crippen molar-refractivity contribution in [1.82, 2.24) is 4.57 Å². The van der Waals surface area contributed by atoms with Crippen molar-refractivity contribution < 1.29 is 0 Å². The highest BCUT2D eigenvalue weighted by Gasteiger charge is 2.19. The summed E-state index contributed by atoms with van der Waals surface area (Å²) >= 11 is 5.84. The fraction of sp³-hybridized carbons (Fsp3) is 0.438. The van der Waals surface area contributed by atoms with Crippen LogP contribution in [0.25, 0.3) is 10.9 Å². The van der Waals surface area contributed by atoms with E-state index in [4.69, 9.17) is 16.9 Å². The number of alkyl halides is 1. The van der Waals surface area contributed by atoms with Crippen molar-refractivity contribution in [2.45, 2.75) is 38.6 Å². The largest absolute Gasteiger partial charge is 0.344 e. The van der Waals surface area contributed by atoms with Crippen LogP contribution in [-0.4, -0.2) is 10.4 Å². The van der Waals surface area contributed by atoms with Crippen molar-refractivity contribution in [2.75, 3.05) is 5.88 Å². The zero-order chi connectivity index (χ0) is 13.2. The first-order valence-electron chi connectivity index (χ1n) is 6.95. The Morgan fingerprint density at radius 3 is 2.89 bits per heavy atom. The van der Waals surface area contributed by atoms with Crippen molar-refractivity contribution in [2.24, 2.45) is 0 Å². The van der Waals surface area contributed by atoms with Gasteiger partial charge in [0.25, 0.3) is 0 Å². The van der Waals surface area contributed by atoms with Gasteiger partial charge in [0.1, 0.15) is 0 Å². The van der Waals surface area contributed by atoms with Gasteiger partial charge in [-0.15, -0.1) is 11.6 Å². The van der Waals surface area contributed by atoms with E-state index in [1.165, 1.54) is 35.0 Å². The van der Waals surface area contributed by atoms with Gasteiger partial charge < -0.3 is 4.57 Å². The molecule has 2 aromatic rings. The topological polar surface area (TPSA) is 28.7 Å². The summed E-state index contributed by atoms with van der Waals surface area (Å²) in [6, 6.07) is 8.32. The van der Waals surface area contributed by atoms with Crippen molar-refractivity contribution >= 4 is 22.5 Å². The Hall–Kier alpha value is -1.46. The van der Waals surface area contributed by atoms with Gasteiger partial charge in [0.2, 0.25) is 0 Å². The summed E-state index contributed by atoms with van der Waals surface area (Å²) in [4.78, 5) is 0. The highest BCUT2D eigenvalue weighted by Crippen LogP contribution is 2.33. The van der Waals surface area contributed by atoms with Gasteiger partial charge in [-0.3, -0.25) is 0 Å². The van der Waals surface area contributed by atoms with Crippen LogP contribution in [0.2, 0.25) is 0 Å². The molecule has 0 saturated heterocycles. The molecule has 0 unspecified atom stereocenters. The van der Waals surface area contributed by atoms with Crippen LogP contribution in [0.1, 0.15) is 36.1 Å². The molecule has 0 amide bonds. The monoisotopic (exact) mass is 272 g/mol. The lowest BCUT2D eigenvalue weighted by Gasteiger charge is -2.15. The SMILES string of the molecule is N#Cc1ccc2c(c1)c1c(n2CCCCl)CCCC1. The average Bonchev–Trinajstić information content (AvgIpc) is 2.78. The predicted octanol–water partition coefficient (Wildman–Crippen LogP) is 4.02. The summed E-state index contributed by atoms with van der Waals surface area (Å²) in [6.07, 6.45) is 5.84. The van der Waals surface area contributed by atoms with Gasteiger partial charge >= 0.3 is 0 Å². The Morgan fingerprint density at radius 2 is 2.11 bits per heavy atom. The van der Waals surface area contributed by atoms with Crippen LogP contribution in [0.4, 0.5) is 0 Å². The lowest BCUT2D eigenvalue weighted by atomic mass is 9.95. The number of rotatable bonds is 3. The minimum Gasteiger partial charge on any atom is -0.344 e. The number of hydrogen-bond donors (Lipinski definition) is 0. The Kier molecular flexibility index (Phi) is 3.48. The number of aromatic nitrogens is 1. The zero-order valence-corrected chi connectivity index (χ0v) is 11.7. The summed E-state index contributed by atoms with van der Waals surface area (Å²) < 4.78 is 2.42. The third-order valence-electron chi connectivity index (χ3n) is 4.02. The molecule has 0 spiro atoms. The van der Waals surface area contributed by atoms with E-state index < -0.39 is 0 Å². The highest BCUT2D eigenvalue weighted by atomic mass is 35.5.